The maximum absolute atomic E-state index is 12.6. The SMILES string of the molecule is CO[C@H](C)c1cccc(NC(=O)N(CCC#N)Cc2cccnc2)c1. The number of carbonyl (C=O) groups is 1. The van der Waals surface area contributed by atoms with Crippen molar-refractivity contribution in [3.05, 3.63) is 59.9 Å². The van der Waals surface area contributed by atoms with Gasteiger partial charge in [-0.1, -0.05) is 18.2 Å². The smallest absolute Gasteiger partial charge is 0.322 e. The second-order valence-corrected chi connectivity index (χ2v) is 5.62. The Hall–Kier alpha value is -2.91. The number of benzene rings is 1. The second kappa shape index (κ2) is 9.40. The molecule has 0 aliphatic heterocycles. The number of hydrogen-bond acceptors (Lipinski definition) is 4. The molecule has 0 unspecified atom stereocenters. The predicted molar refractivity (Wildman–Crippen MR) is 95.8 cm³/mol. The van der Waals surface area contributed by atoms with Gasteiger partial charge in [0, 0.05) is 38.3 Å². The molecule has 0 aliphatic carbocycles. The van der Waals surface area contributed by atoms with Crippen LogP contribution in [0.3, 0.4) is 0 Å². The largest absolute Gasteiger partial charge is 0.377 e. The summed E-state index contributed by atoms with van der Waals surface area (Å²) in [6, 6.07) is 13.1. The molecule has 0 spiro atoms. The first kappa shape index (κ1) is 18.4. The van der Waals surface area contributed by atoms with Crippen molar-refractivity contribution < 1.29 is 9.53 Å². The van der Waals surface area contributed by atoms with Crippen LogP contribution in [0.2, 0.25) is 0 Å². The lowest BCUT2D eigenvalue weighted by Gasteiger charge is -2.22. The van der Waals surface area contributed by atoms with Crippen LogP contribution in [-0.2, 0) is 11.3 Å². The van der Waals surface area contributed by atoms with E-state index in [1.54, 1.807) is 24.4 Å². The molecule has 6 heteroatoms. The van der Waals surface area contributed by atoms with Gasteiger partial charge in [0.15, 0.2) is 0 Å². The topological polar surface area (TPSA) is 78.2 Å². The fraction of sp³-hybridized carbons (Fsp3) is 0.316. The summed E-state index contributed by atoms with van der Waals surface area (Å²) >= 11 is 0. The molecule has 1 aromatic carbocycles. The number of urea groups is 1. The molecule has 2 amide bonds. The van der Waals surface area contributed by atoms with Crippen molar-refractivity contribution in [1.82, 2.24) is 9.88 Å². The van der Waals surface area contributed by atoms with E-state index in [-0.39, 0.29) is 18.6 Å². The average Bonchev–Trinajstić information content (AvgIpc) is 2.65. The number of rotatable bonds is 7. The average molecular weight is 338 g/mol. The first-order valence-electron chi connectivity index (χ1n) is 8.08. The number of methoxy groups -OCH3 is 1. The third-order valence-electron chi connectivity index (χ3n) is 3.84. The first-order valence-corrected chi connectivity index (χ1v) is 8.08. The molecule has 0 bridgehead atoms. The van der Waals surface area contributed by atoms with Gasteiger partial charge in [-0.25, -0.2) is 4.79 Å². The molecular formula is C19H22N4O2. The van der Waals surface area contributed by atoms with Gasteiger partial charge in [0.1, 0.15) is 0 Å². The van der Waals surface area contributed by atoms with E-state index in [4.69, 9.17) is 10.00 Å². The third kappa shape index (κ3) is 5.59. The van der Waals surface area contributed by atoms with Crippen LogP contribution in [0.15, 0.2) is 48.8 Å². The van der Waals surface area contributed by atoms with Crippen molar-refractivity contribution in [2.75, 3.05) is 19.0 Å². The number of ether oxygens (including phenoxy) is 1. The zero-order valence-corrected chi connectivity index (χ0v) is 14.5. The Morgan fingerprint density at radius 1 is 1.40 bits per heavy atom. The lowest BCUT2D eigenvalue weighted by Crippen LogP contribution is -2.35. The molecule has 130 valence electrons. The van der Waals surface area contributed by atoms with Gasteiger partial charge in [0.2, 0.25) is 0 Å². The Morgan fingerprint density at radius 2 is 2.24 bits per heavy atom. The Morgan fingerprint density at radius 3 is 2.92 bits per heavy atom. The predicted octanol–water partition coefficient (Wildman–Crippen LogP) is 3.74. The van der Waals surface area contributed by atoms with E-state index in [9.17, 15) is 4.79 Å². The Kier molecular flexibility index (Phi) is 6.93. The molecule has 1 aromatic heterocycles. The third-order valence-corrected chi connectivity index (χ3v) is 3.84. The summed E-state index contributed by atoms with van der Waals surface area (Å²) in [6.45, 7) is 2.70. The van der Waals surface area contributed by atoms with Gasteiger partial charge in [-0.3, -0.25) is 4.98 Å². The molecule has 2 rings (SSSR count). The maximum atomic E-state index is 12.6. The van der Waals surface area contributed by atoms with Crippen LogP contribution in [0, 0.1) is 11.3 Å². The fourth-order valence-electron chi connectivity index (χ4n) is 2.36. The number of nitriles is 1. The molecule has 0 aliphatic rings. The van der Waals surface area contributed by atoms with Crippen molar-refractivity contribution in [1.29, 1.82) is 5.26 Å². The van der Waals surface area contributed by atoms with Crippen molar-refractivity contribution in [3.8, 4) is 6.07 Å². The monoisotopic (exact) mass is 338 g/mol. The second-order valence-electron chi connectivity index (χ2n) is 5.62. The maximum Gasteiger partial charge on any atom is 0.322 e. The standard InChI is InChI=1S/C19H22N4O2/c1-15(25-2)17-7-3-8-18(12-17)22-19(24)23(11-5-9-20)14-16-6-4-10-21-13-16/h3-4,6-8,10,12-13,15H,5,11,14H2,1-2H3,(H,22,24)/t15-/m1/s1. The zero-order chi connectivity index (χ0) is 18.1. The normalized spacial score (nSPS) is 11.4. The van der Waals surface area contributed by atoms with E-state index >= 15 is 0 Å². The van der Waals surface area contributed by atoms with Gasteiger partial charge in [-0.2, -0.15) is 5.26 Å². The van der Waals surface area contributed by atoms with E-state index in [0.717, 1.165) is 11.1 Å². The Labute approximate surface area is 148 Å². The van der Waals surface area contributed by atoms with Crippen LogP contribution in [0.4, 0.5) is 10.5 Å². The lowest BCUT2D eigenvalue weighted by atomic mass is 10.1. The number of anilines is 1. The molecular weight excluding hydrogens is 316 g/mol. The van der Waals surface area contributed by atoms with Crippen LogP contribution in [0.1, 0.15) is 30.6 Å². The molecule has 0 fully saturated rings. The number of pyridine rings is 1. The van der Waals surface area contributed by atoms with Crippen LogP contribution in [0.5, 0.6) is 0 Å². The number of nitrogens with one attached hydrogen (secondary N) is 1. The summed E-state index contributed by atoms with van der Waals surface area (Å²) in [5, 5.41) is 11.7. The number of aromatic nitrogens is 1. The summed E-state index contributed by atoms with van der Waals surface area (Å²) in [5.41, 5.74) is 2.59. The highest BCUT2D eigenvalue weighted by atomic mass is 16.5. The van der Waals surface area contributed by atoms with E-state index < -0.39 is 0 Å². The van der Waals surface area contributed by atoms with Crippen LogP contribution in [-0.4, -0.2) is 29.6 Å². The van der Waals surface area contributed by atoms with Crippen molar-refractivity contribution in [2.24, 2.45) is 0 Å². The minimum absolute atomic E-state index is 0.0538. The van der Waals surface area contributed by atoms with Gasteiger partial charge in [0.05, 0.1) is 18.6 Å². The molecule has 6 nitrogen and oxygen atoms in total. The van der Waals surface area contributed by atoms with E-state index in [1.807, 2.05) is 43.3 Å². The summed E-state index contributed by atoms with van der Waals surface area (Å²) in [4.78, 5) is 18.3. The minimum atomic E-state index is -0.249. The molecule has 0 saturated carbocycles. The molecule has 0 saturated heterocycles. The zero-order valence-electron chi connectivity index (χ0n) is 14.5. The summed E-state index contributed by atoms with van der Waals surface area (Å²) in [7, 11) is 1.65. The summed E-state index contributed by atoms with van der Waals surface area (Å²) in [5.74, 6) is 0. The van der Waals surface area contributed by atoms with Crippen molar-refractivity contribution >= 4 is 11.7 Å². The number of hydrogen-bond donors (Lipinski definition) is 1. The highest BCUT2D eigenvalue weighted by Crippen LogP contribution is 2.20. The quantitative estimate of drug-likeness (QED) is 0.834. The van der Waals surface area contributed by atoms with Gasteiger partial charge in [0.25, 0.3) is 0 Å². The molecule has 25 heavy (non-hydrogen) atoms. The molecule has 2 aromatic rings. The van der Waals surface area contributed by atoms with Crippen LogP contribution >= 0.6 is 0 Å². The Balaban J connectivity index is 2.10. The van der Waals surface area contributed by atoms with Crippen molar-refractivity contribution in [2.45, 2.75) is 26.0 Å². The van der Waals surface area contributed by atoms with Crippen molar-refractivity contribution in [3.63, 3.8) is 0 Å². The molecule has 1 N–H and O–H groups in total. The molecule has 1 heterocycles. The van der Waals surface area contributed by atoms with Gasteiger partial charge < -0.3 is 15.0 Å². The van der Waals surface area contributed by atoms with Crippen LogP contribution in [0.25, 0.3) is 0 Å². The first-order chi connectivity index (χ1) is 12.1. The number of nitrogens with zero attached hydrogens (tertiary/aromatic N) is 3. The Bertz CT molecular complexity index is 728. The fourth-order valence-corrected chi connectivity index (χ4v) is 2.36. The number of carbonyl (C=O) groups excluding carboxylic acids is 1. The highest BCUT2D eigenvalue weighted by molar-refractivity contribution is 5.89. The van der Waals surface area contributed by atoms with Gasteiger partial charge >= 0.3 is 6.03 Å². The van der Waals surface area contributed by atoms with Crippen LogP contribution < -0.4 is 5.32 Å². The molecule has 1 atom stereocenters. The molecule has 0 radical (unpaired) electrons. The van der Waals surface area contributed by atoms with Gasteiger partial charge in [-0.05, 0) is 36.2 Å². The van der Waals surface area contributed by atoms with E-state index in [1.165, 1.54) is 0 Å². The summed E-state index contributed by atoms with van der Waals surface area (Å²) in [6.07, 6.45) is 3.62. The van der Waals surface area contributed by atoms with E-state index in [2.05, 4.69) is 16.4 Å². The lowest BCUT2D eigenvalue weighted by molar-refractivity contribution is 0.119. The highest BCUT2D eigenvalue weighted by Gasteiger charge is 2.15. The summed E-state index contributed by atoms with van der Waals surface area (Å²) < 4.78 is 5.31. The minimum Gasteiger partial charge on any atom is -0.377 e. The number of amides is 2. The van der Waals surface area contributed by atoms with E-state index in [0.29, 0.717) is 18.8 Å². The van der Waals surface area contributed by atoms with Gasteiger partial charge in [-0.15, -0.1) is 0 Å².